The number of methoxy groups -OCH3 is 2. The highest BCUT2D eigenvalue weighted by Gasteiger charge is 2.59. The first-order chi connectivity index (χ1) is 8.80. The number of likely N-dealkylation sites (N-methyl/N-ethyl adjacent to an activating group) is 1. The maximum absolute atomic E-state index is 12.1. The summed E-state index contributed by atoms with van der Waals surface area (Å²) in [5.74, 6) is 0.118. The Bertz CT molecular complexity index is 320. The van der Waals surface area contributed by atoms with Crippen LogP contribution in [0.25, 0.3) is 0 Å². The monoisotopic (exact) mass is 272 g/mol. The van der Waals surface area contributed by atoms with E-state index in [-0.39, 0.29) is 23.0 Å². The molecule has 5 heteroatoms. The molecule has 0 bridgehead atoms. The number of rotatable bonds is 7. The van der Waals surface area contributed by atoms with Crippen molar-refractivity contribution in [3.63, 3.8) is 0 Å². The number of hydrogen-bond acceptors (Lipinski definition) is 4. The van der Waals surface area contributed by atoms with Gasteiger partial charge in [-0.05, 0) is 13.3 Å². The van der Waals surface area contributed by atoms with Crippen LogP contribution in [-0.2, 0) is 14.3 Å². The van der Waals surface area contributed by atoms with E-state index in [9.17, 15) is 4.79 Å². The van der Waals surface area contributed by atoms with E-state index in [4.69, 9.17) is 9.47 Å². The summed E-state index contributed by atoms with van der Waals surface area (Å²) in [5.41, 5.74) is -0.172. The van der Waals surface area contributed by atoms with Crippen molar-refractivity contribution in [2.75, 3.05) is 41.0 Å². The minimum absolute atomic E-state index is 0.0291. The van der Waals surface area contributed by atoms with Gasteiger partial charge in [0.05, 0.1) is 18.8 Å². The second-order valence-corrected chi connectivity index (χ2v) is 6.05. The van der Waals surface area contributed by atoms with Gasteiger partial charge in [0, 0.05) is 39.3 Å². The Kier molecular flexibility index (Phi) is 5.35. The van der Waals surface area contributed by atoms with Gasteiger partial charge in [-0.25, -0.2) is 0 Å². The number of carbonyl (C=O) groups is 1. The lowest BCUT2D eigenvalue weighted by molar-refractivity contribution is -0.207. The van der Waals surface area contributed by atoms with E-state index in [1.807, 2.05) is 11.9 Å². The Hall–Kier alpha value is -0.650. The quantitative estimate of drug-likeness (QED) is 0.699. The topological polar surface area (TPSA) is 50.8 Å². The van der Waals surface area contributed by atoms with Gasteiger partial charge in [-0.1, -0.05) is 13.8 Å². The lowest BCUT2D eigenvalue weighted by Crippen LogP contribution is -2.69. The van der Waals surface area contributed by atoms with Crippen molar-refractivity contribution in [3.8, 4) is 0 Å². The van der Waals surface area contributed by atoms with Crippen LogP contribution >= 0.6 is 0 Å². The number of carbonyl (C=O) groups excluding carboxylic acids is 1. The molecule has 1 rings (SSSR count). The molecule has 0 aromatic heterocycles. The highest BCUT2D eigenvalue weighted by molar-refractivity contribution is 5.78. The molecule has 1 saturated carbocycles. The third-order valence-electron chi connectivity index (χ3n) is 4.85. The van der Waals surface area contributed by atoms with Crippen LogP contribution in [0.1, 0.15) is 27.2 Å². The van der Waals surface area contributed by atoms with Crippen LogP contribution < -0.4 is 5.32 Å². The smallest absolute Gasteiger partial charge is 0.236 e. The van der Waals surface area contributed by atoms with Crippen LogP contribution in [0.5, 0.6) is 0 Å². The molecule has 0 aromatic rings. The maximum atomic E-state index is 12.1. The van der Waals surface area contributed by atoms with Gasteiger partial charge >= 0.3 is 0 Å². The molecule has 0 aromatic carbocycles. The van der Waals surface area contributed by atoms with Crippen LogP contribution in [0.3, 0.4) is 0 Å². The average molecular weight is 272 g/mol. The zero-order valence-electron chi connectivity index (χ0n) is 13.1. The molecule has 1 aliphatic rings. The molecule has 1 amide bonds. The molecular formula is C14H28N2O3. The van der Waals surface area contributed by atoms with Crippen LogP contribution in [0, 0.1) is 5.41 Å². The molecule has 1 aliphatic carbocycles. The van der Waals surface area contributed by atoms with Crippen molar-refractivity contribution in [2.24, 2.45) is 5.41 Å². The Morgan fingerprint density at radius 2 is 2.00 bits per heavy atom. The normalized spacial score (nSPS) is 28.8. The average Bonchev–Trinajstić information content (AvgIpc) is 2.39. The molecule has 1 fully saturated rings. The first-order valence-corrected chi connectivity index (χ1v) is 6.80. The number of amides is 1. The summed E-state index contributed by atoms with van der Waals surface area (Å²) in [7, 11) is 5.27. The zero-order valence-corrected chi connectivity index (χ0v) is 13.1. The van der Waals surface area contributed by atoms with Crippen molar-refractivity contribution in [1.29, 1.82) is 0 Å². The van der Waals surface area contributed by atoms with E-state index in [0.29, 0.717) is 19.7 Å². The SMILES string of the molecule is COCCNCC(=O)N(C)C1CC(C)(OC)C1(C)C. The molecule has 0 spiro atoms. The van der Waals surface area contributed by atoms with Gasteiger partial charge in [0.15, 0.2) is 0 Å². The highest BCUT2D eigenvalue weighted by Crippen LogP contribution is 2.53. The van der Waals surface area contributed by atoms with Crippen LogP contribution in [-0.4, -0.2) is 63.4 Å². The van der Waals surface area contributed by atoms with E-state index in [2.05, 4.69) is 26.1 Å². The van der Waals surface area contributed by atoms with Gasteiger partial charge in [0.1, 0.15) is 0 Å². The lowest BCUT2D eigenvalue weighted by atomic mass is 9.55. The molecular weight excluding hydrogens is 244 g/mol. The van der Waals surface area contributed by atoms with Crippen LogP contribution in [0.2, 0.25) is 0 Å². The molecule has 0 aliphatic heterocycles. The minimum Gasteiger partial charge on any atom is -0.383 e. The van der Waals surface area contributed by atoms with Gasteiger partial charge in [-0.3, -0.25) is 4.79 Å². The summed E-state index contributed by atoms with van der Waals surface area (Å²) in [6.45, 7) is 8.10. The summed E-state index contributed by atoms with van der Waals surface area (Å²) < 4.78 is 10.5. The van der Waals surface area contributed by atoms with Crippen molar-refractivity contribution >= 4 is 5.91 Å². The number of hydrogen-bond donors (Lipinski definition) is 1. The second kappa shape index (κ2) is 6.20. The summed E-state index contributed by atoms with van der Waals surface area (Å²) in [6.07, 6.45) is 0.886. The molecule has 112 valence electrons. The Morgan fingerprint density at radius 3 is 2.47 bits per heavy atom. The minimum atomic E-state index is -0.143. The highest BCUT2D eigenvalue weighted by atomic mass is 16.5. The van der Waals surface area contributed by atoms with Crippen molar-refractivity contribution in [1.82, 2.24) is 10.2 Å². The third kappa shape index (κ3) is 3.09. The Morgan fingerprint density at radius 1 is 1.37 bits per heavy atom. The van der Waals surface area contributed by atoms with Gasteiger partial charge in [0.2, 0.25) is 5.91 Å². The predicted octanol–water partition coefficient (Wildman–Crippen LogP) is 0.884. The van der Waals surface area contributed by atoms with E-state index in [1.54, 1.807) is 14.2 Å². The molecule has 2 atom stereocenters. The lowest BCUT2D eigenvalue weighted by Gasteiger charge is -2.61. The number of nitrogens with zero attached hydrogens (tertiary/aromatic N) is 1. The van der Waals surface area contributed by atoms with Crippen molar-refractivity contribution < 1.29 is 14.3 Å². The predicted molar refractivity (Wildman–Crippen MR) is 75.1 cm³/mol. The van der Waals surface area contributed by atoms with E-state index in [0.717, 1.165) is 6.42 Å². The van der Waals surface area contributed by atoms with Gasteiger partial charge in [0.25, 0.3) is 0 Å². The second-order valence-electron chi connectivity index (χ2n) is 6.05. The molecule has 0 saturated heterocycles. The molecule has 0 radical (unpaired) electrons. The summed E-state index contributed by atoms with van der Waals surface area (Å²) in [5, 5.41) is 3.08. The fourth-order valence-electron chi connectivity index (χ4n) is 2.74. The Balaban J connectivity index is 2.47. The molecule has 0 heterocycles. The van der Waals surface area contributed by atoms with Crippen LogP contribution in [0.4, 0.5) is 0 Å². The van der Waals surface area contributed by atoms with Crippen molar-refractivity contribution in [2.45, 2.75) is 38.8 Å². The van der Waals surface area contributed by atoms with E-state index < -0.39 is 0 Å². The maximum Gasteiger partial charge on any atom is 0.236 e. The van der Waals surface area contributed by atoms with Crippen molar-refractivity contribution in [3.05, 3.63) is 0 Å². The molecule has 1 N–H and O–H groups in total. The largest absolute Gasteiger partial charge is 0.383 e. The summed E-state index contributed by atoms with van der Waals surface area (Å²) in [4.78, 5) is 14.0. The van der Waals surface area contributed by atoms with Gasteiger partial charge in [-0.2, -0.15) is 0 Å². The summed E-state index contributed by atoms with van der Waals surface area (Å²) >= 11 is 0. The van der Waals surface area contributed by atoms with Gasteiger partial charge < -0.3 is 19.7 Å². The fourth-order valence-corrected chi connectivity index (χ4v) is 2.74. The standard InChI is InChI=1S/C14H28N2O3/c1-13(2)11(9-14(13,3)19-6)16(4)12(17)10-15-7-8-18-5/h11,15H,7-10H2,1-6H3. The number of ether oxygens (including phenoxy) is 2. The first-order valence-electron chi connectivity index (χ1n) is 6.80. The fraction of sp³-hybridized carbons (Fsp3) is 0.929. The molecule has 19 heavy (non-hydrogen) atoms. The molecule has 2 unspecified atom stereocenters. The van der Waals surface area contributed by atoms with E-state index in [1.165, 1.54) is 0 Å². The third-order valence-corrected chi connectivity index (χ3v) is 4.85. The zero-order chi connectivity index (χ0) is 14.7. The van der Waals surface area contributed by atoms with Crippen LogP contribution in [0.15, 0.2) is 0 Å². The number of nitrogens with one attached hydrogen (secondary N) is 1. The Labute approximate surface area is 116 Å². The van der Waals surface area contributed by atoms with Gasteiger partial charge in [-0.15, -0.1) is 0 Å². The molecule has 5 nitrogen and oxygen atoms in total. The van der Waals surface area contributed by atoms with E-state index >= 15 is 0 Å². The first kappa shape index (κ1) is 16.4. The summed E-state index contributed by atoms with van der Waals surface area (Å²) in [6, 6.07) is 0.231.